The summed E-state index contributed by atoms with van der Waals surface area (Å²) in [6, 6.07) is 15.8. The number of alkyl halides is 3. The number of hydrogen-bond acceptors (Lipinski definition) is 5. The van der Waals surface area contributed by atoms with Crippen molar-refractivity contribution in [1.82, 2.24) is 4.90 Å². The number of nitrogens with one attached hydrogen (secondary N) is 1. The highest BCUT2D eigenvalue weighted by atomic mass is 35.5. The van der Waals surface area contributed by atoms with E-state index in [0.717, 1.165) is 11.6 Å². The molecule has 3 aromatic carbocycles. The number of anilines is 1. The minimum atomic E-state index is -4.60. The standard InChI is InChI=1S/C30H29Cl2F3N2O4/c1-40-26-10-8-22(36-28(38)11-6-20-4-2-3-5-24(20)31)19-27(26)41-17-16-37-14-12-29(39,13-15-37)21-7-9-25(32)23(18-21)30(33,34)35/h2-11,18-19,39H,12-17H2,1H3,(H,36,38)/b11-6+. The number of nitrogens with zero attached hydrogens (tertiary/aromatic N) is 1. The Kier molecular flexibility index (Phi) is 9.86. The summed E-state index contributed by atoms with van der Waals surface area (Å²) in [7, 11) is 1.51. The third-order valence-electron chi connectivity index (χ3n) is 6.91. The normalized spacial score (nSPS) is 15.6. The van der Waals surface area contributed by atoms with Crippen LogP contribution in [0.15, 0.2) is 66.7 Å². The first-order valence-corrected chi connectivity index (χ1v) is 13.6. The van der Waals surface area contributed by atoms with Crippen LogP contribution in [0.5, 0.6) is 11.5 Å². The largest absolute Gasteiger partial charge is 0.493 e. The topological polar surface area (TPSA) is 71.0 Å². The maximum Gasteiger partial charge on any atom is 0.417 e. The van der Waals surface area contributed by atoms with E-state index in [4.69, 9.17) is 32.7 Å². The lowest BCUT2D eigenvalue weighted by atomic mass is 9.83. The molecule has 1 saturated heterocycles. The molecule has 0 saturated carbocycles. The quantitative estimate of drug-likeness (QED) is 0.255. The third-order valence-corrected chi connectivity index (χ3v) is 7.58. The van der Waals surface area contributed by atoms with Gasteiger partial charge in [-0.2, -0.15) is 13.2 Å². The molecule has 0 atom stereocenters. The molecule has 0 bridgehead atoms. The predicted octanol–water partition coefficient (Wildman–Crippen LogP) is 7.04. The van der Waals surface area contributed by atoms with E-state index >= 15 is 0 Å². The summed E-state index contributed by atoms with van der Waals surface area (Å²) in [5.41, 5.74) is -0.893. The molecule has 41 heavy (non-hydrogen) atoms. The van der Waals surface area contributed by atoms with Crippen LogP contribution in [-0.4, -0.2) is 49.3 Å². The van der Waals surface area contributed by atoms with E-state index < -0.39 is 22.4 Å². The zero-order chi connectivity index (χ0) is 29.6. The van der Waals surface area contributed by atoms with E-state index in [0.29, 0.717) is 41.8 Å². The summed E-state index contributed by atoms with van der Waals surface area (Å²) in [6.07, 6.45) is -1.06. The van der Waals surface area contributed by atoms with E-state index in [2.05, 4.69) is 10.2 Å². The van der Waals surface area contributed by atoms with Gasteiger partial charge in [-0.3, -0.25) is 9.69 Å². The Balaban J connectivity index is 1.31. The van der Waals surface area contributed by atoms with Crippen LogP contribution in [0.1, 0.15) is 29.5 Å². The second-order valence-corrected chi connectivity index (χ2v) is 10.4. The number of aliphatic hydroxyl groups is 1. The average molecular weight is 609 g/mol. The molecule has 1 heterocycles. The number of carbonyl (C=O) groups excluding carboxylic acids is 1. The second kappa shape index (κ2) is 13.2. The molecule has 0 aliphatic carbocycles. The zero-order valence-corrected chi connectivity index (χ0v) is 23.7. The molecule has 0 unspecified atom stereocenters. The molecule has 4 rings (SSSR count). The molecule has 218 valence electrons. The van der Waals surface area contributed by atoms with Crippen molar-refractivity contribution in [3.8, 4) is 11.5 Å². The number of halogens is 5. The van der Waals surface area contributed by atoms with Crippen LogP contribution in [-0.2, 0) is 16.6 Å². The Morgan fingerprint density at radius 2 is 1.78 bits per heavy atom. The number of hydrogen-bond donors (Lipinski definition) is 2. The molecule has 0 radical (unpaired) electrons. The van der Waals surface area contributed by atoms with Crippen molar-refractivity contribution in [2.24, 2.45) is 0 Å². The fraction of sp³-hybridized carbons (Fsp3) is 0.300. The van der Waals surface area contributed by atoms with Crippen molar-refractivity contribution in [3.63, 3.8) is 0 Å². The number of amides is 1. The summed E-state index contributed by atoms with van der Waals surface area (Å²) in [5.74, 6) is 0.588. The number of methoxy groups -OCH3 is 1. The highest BCUT2D eigenvalue weighted by molar-refractivity contribution is 6.32. The van der Waals surface area contributed by atoms with E-state index in [1.54, 1.807) is 42.5 Å². The fourth-order valence-electron chi connectivity index (χ4n) is 4.58. The zero-order valence-electron chi connectivity index (χ0n) is 22.2. The van der Waals surface area contributed by atoms with E-state index in [1.165, 1.54) is 25.3 Å². The van der Waals surface area contributed by atoms with Crippen molar-refractivity contribution in [2.45, 2.75) is 24.6 Å². The van der Waals surface area contributed by atoms with Crippen LogP contribution in [0.25, 0.3) is 6.08 Å². The Bertz CT molecular complexity index is 1410. The maximum absolute atomic E-state index is 13.3. The summed E-state index contributed by atoms with van der Waals surface area (Å²) >= 11 is 11.9. The molecule has 0 spiro atoms. The lowest BCUT2D eigenvalue weighted by Gasteiger charge is -2.38. The Morgan fingerprint density at radius 3 is 2.46 bits per heavy atom. The van der Waals surface area contributed by atoms with Gasteiger partial charge in [-0.15, -0.1) is 0 Å². The molecule has 6 nitrogen and oxygen atoms in total. The van der Waals surface area contributed by atoms with Gasteiger partial charge in [-0.25, -0.2) is 0 Å². The predicted molar refractivity (Wildman–Crippen MR) is 154 cm³/mol. The Morgan fingerprint density at radius 1 is 1.05 bits per heavy atom. The van der Waals surface area contributed by atoms with Crippen LogP contribution in [0.2, 0.25) is 10.0 Å². The number of rotatable bonds is 9. The summed E-state index contributed by atoms with van der Waals surface area (Å²) in [5, 5.41) is 14.0. The van der Waals surface area contributed by atoms with Gasteiger partial charge in [0, 0.05) is 42.5 Å². The molecule has 11 heteroatoms. The lowest BCUT2D eigenvalue weighted by molar-refractivity contribution is -0.137. The Hall–Kier alpha value is -3.24. The van der Waals surface area contributed by atoms with Crippen LogP contribution >= 0.6 is 23.2 Å². The van der Waals surface area contributed by atoms with Gasteiger partial charge in [-0.05, 0) is 60.4 Å². The molecule has 3 aromatic rings. The number of piperidine rings is 1. The van der Waals surface area contributed by atoms with Crippen molar-refractivity contribution in [1.29, 1.82) is 0 Å². The fourth-order valence-corrected chi connectivity index (χ4v) is 5.00. The van der Waals surface area contributed by atoms with Crippen molar-refractivity contribution in [2.75, 3.05) is 38.7 Å². The summed E-state index contributed by atoms with van der Waals surface area (Å²) in [6.45, 7) is 1.74. The number of ether oxygens (including phenoxy) is 2. The van der Waals surface area contributed by atoms with E-state index in [9.17, 15) is 23.1 Å². The highest BCUT2D eigenvalue weighted by Gasteiger charge is 2.38. The van der Waals surface area contributed by atoms with Gasteiger partial charge < -0.3 is 19.9 Å². The first-order valence-electron chi connectivity index (χ1n) is 12.8. The van der Waals surface area contributed by atoms with Gasteiger partial charge in [0.1, 0.15) is 6.61 Å². The van der Waals surface area contributed by atoms with Gasteiger partial charge >= 0.3 is 6.18 Å². The molecular weight excluding hydrogens is 580 g/mol. The van der Waals surface area contributed by atoms with E-state index in [1.807, 2.05) is 6.07 Å². The molecule has 1 amide bonds. The smallest absolute Gasteiger partial charge is 0.417 e. The number of carbonyl (C=O) groups is 1. The molecule has 1 aliphatic rings. The van der Waals surface area contributed by atoms with Crippen LogP contribution < -0.4 is 14.8 Å². The lowest BCUT2D eigenvalue weighted by Crippen LogP contribution is -2.44. The average Bonchev–Trinajstić information content (AvgIpc) is 2.93. The summed E-state index contributed by atoms with van der Waals surface area (Å²) < 4.78 is 51.2. The first-order chi connectivity index (χ1) is 19.5. The molecular formula is C30H29Cl2F3N2O4. The van der Waals surface area contributed by atoms with Crippen molar-refractivity contribution < 1.29 is 32.5 Å². The molecule has 0 aromatic heterocycles. The highest BCUT2D eigenvalue weighted by Crippen LogP contribution is 2.40. The van der Waals surface area contributed by atoms with Gasteiger partial charge in [0.25, 0.3) is 0 Å². The maximum atomic E-state index is 13.3. The van der Waals surface area contributed by atoms with Gasteiger partial charge in [0.2, 0.25) is 5.91 Å². The molecule has 1 fully saturated rings. The monoisotopic (exact) mass is 608 g/mol. The van der Waals surface area contributed by atoms with Crippen LogP contribution in [0.3, 0.4) is 0 Å². The third kappa shape index (κ3) is 7.95. The SMILES string of the molecule is COc1ccc(NC(=O)/C=C/c2ccccc2Cl)cc1OCCN1CCC(O)(c2ccc(Cl)c(C(F)(F)F)c2)CC1. The summed E-state index contributed by atoms with van der Waals surface area (Å²) in [4.78, 5) is 14.5. The first kappa shape index (κ1) is 30.7. The molecule has 1 aliphatic heterocycles. The Labute approximate surface area is 246 Å². The van der Waals surface area contributed by atoms with Gasteiger partial charge in [-0.1, -0.05) is 47.5 Å². The van der Waals surface area contributed by atoms with Crippen molar-refractivity contribution in [3.05, 3.63) is 93.5 Å². The second-order valence-electron chi connectivity index (χ2n) is 9.62. The van der Waals surface area contributed by atoms with Crippen molar-refractivity contribution >= 4 is 40.9 Å². The van der Waals surface area contributed by atoms with E-state index in [-0.39, 0.29) is 30.9 Å². The molecule has 2 N–H and O–H groups in total. The number of benzene rings is 3. The van der Waals surface area contributed by atoms with Gasteiger partial charge in [0.05, 0.1) is 23.3 Å². The minimum Gasteiger partial charge on any atom is -0.493 e. The number of likely N-dealkylation sites (tertiary alicyclic amines) is 1. The van der Waals surface area contributed by atoms with Crippen LogP contribution in [0, 0.1) is 0 Å². The minimum absolute atomic E-state index is 0.204. The van der Waals surface area contributed by atoms with Crippen LogP contribution in [0.4, 0.5) is 18.9 Å². The van der Waals surface area contributed by atoms with Gasteiger partial charge in [0.15, 0.2) is 11.5 Å².